The summed E-state index contributed by atoms with van der Waals surface area (Å²) in [5, 5.41) is 0. The average molecular weight is 404 g/mol. The number of ketones is 2. The molecule has 5 aliphatic heterocycles. The number of hydrogen-bond donors (Lipinski definition) is 0. The smallest absolute Gasteiger partial charge is 0.257 e. The fourth-order valence-electron chi connectivity index (χ4n) is 4.37. The van der Waals surface area contributed by atoms with Crippen molar-refractivity contribution in [1.82, 2.24) is 0 Å². The molecule has 0 aromatic heterocycles. The fraction of sp³-hybridized carbons (Fsp3) is 0.217. The van der Waals surface area contributed by atoms with Gasteiger partial charge in [-0.2, -0.15) is 0 Å². The molecule has 2 aromatic carbocycles. The summed E-state index contributed by atoms with van der Waals surface area (Å²) >= 11 is 0. The van der Waals surface area contributed by atoms with Gasteiger partial charge in [-0.1, -0.05) is 19.2 Å². The highest BCUT2D eigenvalue weighted by molar-refractivity contribution is 6.28. The minimum atomic E-state index is -1.44. The van der Waals surface area contributed by atoms with Crippen molar-refractivity contribution in [3.63, 3.8) is 0 Å². The second-order valence-corrected chi connectivity index (χ2v) is 7.62. The van der Waals surface area contributed by atoms with Crippen LogP contribution < -0.4 is 4.74 Å². The lowest BCUT2D eigenvalue weighted by molar-refractivity contribution is -0.258. The molecule has 7 heteroatoms. The van der Waals surface area contributed by atoms with Gasteiger partial charge in [-0.05, 0) is 30.3 Å². The van der Waals surface area contributed by atoms with Gasteiger partial charge in [0.1, 0.15) is 30.5 Å². The highest BCUT2D eigenvalue weighted by Gasteiger charge is 2.59. The first kappa shape index (κ1) is 17.4. The standard InChI is InChI=1S/C23H16O7/c1-11-9-26-21(28-11)23(22-27-10-12(2)29-22)13-3-5-15-17(7-13)19(24)16-6-4-14(30-23)8-18(16)20(15)25/h3-8,21-22H,1-2,9-10H2. The third-order valence-electron chi connectivity index (χ3n) is 5.77. The van der Waals surface area contributed by atoms with E-state index in [1.807, 2.05) is 0 Å². The molecule has 7 nitrogen and oxygen atoms in total. The summed E-state index contributed by atoms with van der Waals surface area (Å²) in [5.41, 5.74) is 0.369. The van der Waals surface area contributed by atoms with E-state index in [-0.39, 0.29) is 24.8 Å². The van der Waals surface area contributed by atoms with Gasteiger partial charge in [0.05, 0.1) is 0 Å². The van der Waals surface area contributed by atoms with Crippen LogP contribution in [0.1, 0.15) is 37.4 Å². The van der Waals surface area contributed by atoms with E-state index >= 15 is 0 Å². The van der Waals surface area contributed by atoms with Gasteiger partial charge in [0.25, 0.3) is 18.2 Å². The zero-order valence-electron chi connectivity index (χ0n) is 15.8. The number of fused-ring (bicyclic) bond motifs is 2. The molecule has 2 fully saturated rings. The predicted molar refractivity (Wildman–Crippen MR) is 102 cm³/mol. The minimum Gasteiger partial charge on any atom is -0.469 e. The zero-order valence-corrected chi connectivity index (χ0v) is 15.8. The molecular weight excluding hydrogens is 388 g/mol. The SMILES string of the molecule is C=C1COC(C2(C3OCC(=C)O3)Oc3ccc4c(c3)C(=O)c3ccc2cc3C4=O)O1. The summed E-state index contributed by atoms with van der Waals surface area (Å²) in [6, 6.07) is 9.77. The van der Waals surface area contributed by atoms with Crippen molar-refractivity contribution in [3.8, 4) is 5.75 Å². The van der Waals surface area contributed by atoms with Crippen LogP contribution in [0, 0.1) is 0 Å². The van der Waals surface area contributed by atoms with Crippen LogP contribution in [0.2, 0.25) is 0 Å². The van der Waals surface area contributed by atoms with Crippen LogP contribution in [0.4, 0.5) is 0 Å². The van der Waals surface area contributed by atoms with Gasteiger partial charge < -0.3 is 23.7 Å². The van der Waals surface area contributed by atoms with Crippen LogP contribution in [0.15, 0.2) is 61.1 Å². The van der Waals surface area contributed by atoms with Crippen LogP contribution in [0.5, 0.6) is 5.75 Å². The number of hydrogen-bond acceptors (Lipinski definition) is 7. The molecule has 2 unspecified atom stereocenters. The predicted octanol–water partition coefficient (Wildman–Crippen LogP) is 2.82. The molecule has 8 rings (SSSR count). The molecule has 0 amide bonds. The van der Waals surface area contributed by atoms with Crippen LogP contribution in [-0.2, 0) is 24.5 Å². The Labute approximate surface area is 171 Å². The largest absolute Gasteiger partial charge is 0.469 e. The first-order valence-electron chi connectivity index (χ1n) is 9.46. The van der Waals surface area contributed by atoms with Crippen molar-refractivity contribution in [2.24, 2.45) is 0 Å². The van der Waals surface area contributed by atoms with Crippen molar-refractivity contribution in [2.75, 3.05) is 13.2 Å². The lowest BCUT2D eigenvalue weighted by Gasteiger charge is -2.41. The second kappa shape index (κ2) is 5.81. The molecule has 2 saturated heterocycles. The molecule has 5 heterocycles. The normalized spacial score (nSPS) is 28.7. The topological polar surface area (TPSA) is 80.3 Å². The first-order chi connectivity index (χ1) is 14.5. The minimum absolute atomic E-state index is 0.177. The van der Waals surface area contributed by atoms with Crippen LogP contribution in [-0.4, -0.2) is 37.4 Å². The Morgan fingerprint density at radius 3 is 1.90 bits per heavy atom. The van der Waals surface area contributed by atoms with Crippen molar-refractivity contribution in [1.29, 1.82) is 0 Å². The number of benzene rings is 2. The molecule has 30 heavy (non-hydrogen) atoms. The molecule has 6 aliphatic rings. The van der Waals surface area contributed by atoms with E-state index in [4.69, 9.17) is 23.7 Å². The van der Waals surface area contributed by atoms with E-state index < -0.39 is 18.2 Å². The van der Waals surface area contributed by atoms with Crippen LogP contribution in [0.3, 0.4) is 0 Å². The summed E-state index contributed by atoms with van der Waals surface area (Å²) in [7, 11) is 0. The summed E-state index contributed by atoms with van der Waals surface area (Å²) in [5.74, 6) is 0.785. The third kappa shape index (κ3) is 2.16. The van der Waals surface area contributed by atoms with Gasteiger partial charge >= 0.3 is 0 Å². The summed E-state index contributed by atoms with van der Waals surface area (Å²) in [6.45, 7) is 8.02. The van der Waals surface area contributed by atoms with Crippen molar-refractivity contribution >= 4 is 11.6 Å². The molecule has 0 saturated carbocycles. The third-order valence-corrected chi connectivity index (χ3v) is 5.77. The Morgan fingerprint density at radius 2 is 1.33 bits per heavy atom. The summed E-state index contributed by atoms with van der Waals surface area (Å²) in [4.78, 5) is 26.1. The van der Waals surface area contributed by atoms with Crippen LogP contribution in [0.25, 0.3) is 0 Å². The van der Waals surface area contributed by atoms with Crippen molar-refractivity contribution in [2.45, 2.75) is 18.2 Å². The van der Waals surface area contributed by atoms with E-state index in [1.165, 1.54) is 0 Å². The molecule has 0 N–H and O–H groups in total. The Balaban J connectivity index is 1.66. The van der Waals surface area contributed by atoms with Gasteiger partial charge in [0, 0.05) is 27.8 Å². The summed E-state index contributed by atoms with van der Waals surface area (Å²) in [6.07, 6.45) is -1.93. The Morgan fingerprint density at radius 1 is 0.767 bits per heavy atom. The van der Waals surface area contributed by atoms with E-state index in [2.05, 4.69) is 13.2 Å². The van der Waals surface area contributed by atoms with E-state index in [0.29, 0.717) is 45.1 Å². The lowest BCUT2D eigenvalue weighted by atomic mass is 9.79. The fourth-order valence-corrected chi connectivity index (χ4v) is 4.37. The number of carbonyl (C=O) groups is 2. The van der Waals surface area contributed by atoms with Crippen molar-refractivity contribution < 1.29 is 33.3 Å². The molecule has 6 bridgehead atoms. The van der Waals surface area contributed by atoms with E-state index in [0.717, 1.165) is 0 Å². The van der Waals surface area contributed by atoms with Crippen LogP contribution >= 0.6 is 0 Å². The van der Waals surface area contributed by atoms with Gasteiger partial charge in [-0.15, -0.1) is 0 Å². The van der Waals surface area contributed by atoms with Gasteiger partial charge in [0.2, 0.25) is 0 Å². The number of ether oxygens (including phenoxy) is 5. The maximum Gasteiger partial charge on any atom is 0.257 e. The highest BCUT2D eigenvalue weighted by Crippen LogP contribution is 2.46. The lowest BCUT2D eigenvalue weighted by Crippen LogP contribution is -2.55. The molecule has 2 aromatic rings. The average Bonchev–Trinajstić information content (AvgIpc) is 3.38. The molecule has 2 atom stereocenters. The van der Waals surface area contributed by atoms with Gasteiger partial charge in [0.15, 0.2) is 11.6 Å². The van der Waals surface area contributed by atoms with Gasteiger partial charge in [-0.3, -0.25) is 9.59 Å². The first-order valence-corrected chi connectivity index (χ1v) is 9.46. The zero-order chi connectivity index (χ0) is 20.6. The van der Waals surface area contributed by atoms with Crippen molar-refractivity contribution in [3.05, 3.63) is 88.9 Å². The Kier molecular flexibility index (Phi) is 3.38. The Hall–Kier alpha value is -3.42. The molecule has 0 spiro atoms. The number of carbonyl (C=O) groups excluding carboxylic acids is 2. The maximum atomic E-state index is 13.2. The Bertz CT molecular complexity index is 1150. The molecule has 150 valence electrons. The highest BCUT2D eigenvalue weighted by atomic mass is 16.8. The van der Waals surface area contributed by atoms with Gasteiger partial charge in [-0.25, -0.2) is 0 Å². The molecule has 1 aliphatic carbocycles. The quantitative estimate of drug-likeness (QED) is 0.650. The summed E-state index contributed by atoms with van der Waals surface area (Å²) < 4.78 is 29.9. The second-order valence-electron chi connectivity index (χ2n) is 7.62. The van der Waals surface area contributed by atoms with E-state index in [1.54, 1.807) is 36.4 Å². The number of rotatable bonds is 2. The molecule has 0 radical (unpaired) electrons. The molecular formula is C23H16O7. The van der Waals surface area contributed by atoms with E-state index in [9.17, 15) is 9.59 Å². The monoisotopic (exact) mass is 404 g/mol. The maximum absolute atomic E-state index is 13.2.